The van der Waals surface area contributed by atoms with Crippen LogP contribution in [0.4, 0.5) is 0 Å². The second kappa shape index (κ2) is 40.2. The Morgan fingerprint density at radius 1 is 0.610 bits per heavy atom. The molecule has 5 N–H and O–H groups in total. The molecule has 0 aliphatic rings. The number of esters is 2. The van der Waals surface area contributed by atoms with Gasteiger partial charge in [-0.3, -0.25) is 18.6 Å². The van der Waals surface area contributed by atoms with Crippen LogP contribution in [0.2, 0.25) is 0 Å². The average Bonchev–Trinajstić information content (AvgIpc) is 3.21. The van der Waals surface area contributed by atoms with E-state index in [-0.39, 0.29) is 12.8 Å². The Morgan fingerprint density at radius 2 is 1.20 bits per heavy atom. The monoisotopic (exact) mass is 850 g/mol. The molecule has 13 heteroatoms. The third-order valence-corrected chi connectivity index (χ3v) is 9.38. The molecule has 0 amide bonds. The summed E-state index contributed by atoms with van der Waals surface area (Å²) in [6, 6.07) is 0. The molecule has 0 radical (unpaired) electrons. The van der Waals surface area contributed by atoms with Gasteiger partial charge >= 0.3 is 19.8 Å². The quantitative estimate of drug-likeness (QED) is 0.0130. The summed E-state index contributed by atoms with van der Waals surface area (Å²) >= 11 is 0. The minimum absolute atomic E-state index is 0.0460. The van der Waals surface area contributed by atoms with Crippen LogP contribution in [0, 0.1) is 0 Å². The van der Waals surface area contributed by atoms with Crippen molar-refractivity contribution in [3.8, 4) is 0 Å². The Hall–Kier alpha value is -3.19. The number of carbonyl (C=O) groups is 2. The van der Waals surface area contributed by atoms with E-state index in [1.54, 1.807) is 30.4 Å². The van der Waals surface area contributed by atoms with Crippen molar-refractivity contribution < 1.29 is 58.0 Å². The zero-order valence-corrected chi connectivity index (χ0v) is 36.5. The molecule has 0 aromatic heterocycles. The van der Waals surface area contributed by atoms with E-state index in [1.165, 1.54) is 25.7 Å². The first-order valence-corrected chi connectivity index (χ1v) is 22.9. The second-order valence-electron chi connectivity index (χ2n) is 14.1. The summed E-state index contributed by atoms with van der Waals surface area (Å²) in [5.41, 5.74) is 0. The van der Waals surface area contributed by atoms with E-state index in [4.69, 9.17) is 19.1 Å². The molecule has 0 aromatic rings. The van der Waals surface area contributed by atoms with Crippen LogP contribution in [0.3, 0.4) is 0 Å². The predicted molar refractivity (Wildman–Crippen MR) is 235 cm³/mol. The van der Waals surface area contributed by atoms with E-state index < -0.39 is 70.6 Å². The molecular formula is C46H75O12P. The Bertz CT molecular complexity index is 1330. The number of ether oxygens (including phenoxy) is 2. The highest BCUT2D eigenvalue weighted by Crippen LogP contribution is 2.43. The fourth-order valence-corrected chi connectivity index (χ4v) is 5.86. The number of phosphoric ester groups is 1. The number of unbranched alkanes of at least 4 members (excludes halogenated alkanes) is 10. The first-order valence-electron chi connectivity index (χ1n) is 21.4. The van der Waals surface area contributed by atoms with Crippen LogP contribution in [0.5, 0.6) is 0 Å². The molecule has 59 heavy (non-hydrogen) atoms. The Labute approximate surface area is 354 Å². The molecule has 336 valence electrons. The van der Waals surface area contributed by atoms with Gasteiger partial charge in [0.2, 0.25) is 0 Å². The lowest BCUT2D eigenvalue weighted by molar-refractivity contribution is -0.161. The van der Waals surface area contributed by atoms with Crippen LogP contribution in [0.1, 0.15) is 129 Å². The lowest BCUT2D eigenvalue weighted by Gasteiger charge is -2.20. The molecule has 0 spiro atoms. The van der Waals surface area contributed by atoms with Gasteiger partial charge in [-0.2, -0.15) is 0 Å². The topological polar surface area (TPSA) is 189 Å². The maximum Gasteiger partial charge on any atom is 0.472 e. The second-order valence-corrected chi connectivity index (χ2v) is 15.5. The molecule has 0 bridgehead atoms. The van der Waals surface area contributed by atoms with Crippen molar-refractivity contribution >= 4 is 19.8 Å². The number of allylic oxidation sites excluding steroid dienone is 12. The average molecular weight is 851 g/mol. The summed E-state index contributed by atoms with van der Waals surface area (Å²) < 4.78 is 32.5. The zero-order valence-electron chi connectivity index (χ0n) is 35.6. The van der Waals surface area contributed by atoms with Crippen molar-refractivity contribution in [2.24, 2.45) is 0 Å². The van der Waals surface area contributed by atoms with E-state index in [1.807, 2.05) is 49.5 Å². The number of hydrogen-bond donors (Lipinski definition) is 5. The van der Waals surface area contributed by atoms with Gasteiger partial charge < -0.3 is 34.8 Å². The number of aliphatic hydroxyl groups excluding tert-OH is 4. The number of hydrogen-bond acceptors (Lipinski definition) is 11. The molecule has 1 unspecified atom stereocenters. The standard InChI is InChI=1S/C46H75O12P/c1-3-5-7-8-9-10-11-12-13-14-15-16-20-23-29-36-46(52)58-44(40-57-59(53,54)56-38-43(50)37-47)39-55-45(51)35-30-24-28-34-42(49)33-27-22-19-17-18-21-26-32-41(48)31-25-6-4-2/h6,10-13,18-19,21-22,25-28,32-34,41-44,47-50H,3-5,7-9,14-17,20,23-24,29-31,35-40H2,1-2H3,(H,53,54)/b11-10-,13-12-,21-18-,22-19-,25-6-,32-26+,33-27+,34-28-/t41-,42-,43+,44-/m1/s1. The van der Waals surface area contributed by atoms with Crippen LogP contribution in [-0.2, 0) is 32.7 Å². The molecule has 0 fully saturated rings. The van der Waals surface area contributed by atoms with Gasteiger partial charge in [0.25, 0.3) is 0 Å². The molecule has 12 nitrogen and oxygen atoms in total. The minimum atomic E-state index is -4.68. The summed E-state index contributed by atoms with van der Waals surface area (Å²) in [6.45, 7) is 1.90. The van der Waals surface area contributed by atoms with Crippen LogP contribution in [0.25, 0.3) is 0 Å². The van der Waals surface area contributed by atoms with Crippen LogP contribution in [0.15, 0.2) is 97.2 Å². The van der Waals surface area contributed by atoms with Crippen LogP contribution >= 0.6 is 7.82 Å². The van der Waals surface area contributed by atoms with Crippen LogP contribution < -0.4 is 0 Å². The van der Waals surface area contributed by atoms with E-state index in [0.29, 0.717) is 32.1 Å². The maximum atomic E-state index is 12.6. The number of phosphoric acid groups is 1. The highest BCUT2D eigenvalue weighted by atomic mass is 31.2. The van der Waals surface area contributed by atoms with Crippen molar-refractivity contribution in [3.63, 3.8) is 0 Å². The molecule has 0 heterocycles. The van der Waals surface area contributed by atoms with Gasteiger partial charge in [0, 0.05) is 12.8 Å². The highest BCUT2D eigenvalue weighted by molar-refractivity contribution is 7.47. The molecule has 0 aromatic carbocycles. The summed E-state index contributed by atoms with van der Waals surface area (Å²) in [4.78, 5) is 35.0. The van der Waals surface area contributed by atoms with Crippen LogP contribution in [-0.4, -0.2) is 88.1 Å². The van der Waals surface area contributed by atoms with Crippen molar-refractivity contribution in [1.29, 1.82) is 0 Å². The smallest absolute Gasteiger partial charge is 0.462 e. The van der Waals surface area contributed by atoms with E-state index in [9.17, 15) is 34.4 Å². The van der Waals surface area contributed by atoms with Crippen molar-refractivity contribution in [1.82, 2.24) is 0 Å². The predicted octanol–water partition coefficient (Wildman–Crippen LogP) is 9.16. The van der Waals surface area contributed by atoms with E-state index >= 15 is 0 Å². The fraction of sp³-hybridized carbons (Fsp3) is 0.609. The van der Waals surface area contributed by atoms with Gasteiger partial charge in [0.15, 0.2) is 6.10 Å². The van der Waals surface area contributed by atoms with Crippen molar-refractivity contribution in [2.75, 3.05) is 26.4 Å². The third kappa shape index (κ3) is 40.0. The van der Waals surface area contributed by atoms with E-state index in [0.717, 1.165) is 44.9 Å². The number of rotatable bonds is 38. The normalized spacial score (nSPS) is 15.8. The van der Waals surface area contributed by atoms with Gasteiger partial charge in [0.1, 0.15) is 12.7 Å². The summed E-state index contributed by atoms with van der Waals surface area (Å²) in [7, 11) is -4.68. The third-order valence-electron chi connectivity index (χ3n) is 8.43. The molecule has 0 saturated carbocycles. The first-order chi connectivity index (χ1) is 28.5. The van der Waals surface area contributed by atoms with Gasteiger partial charge in [0.05, 0.1) is 32.0 Å². The molecule has 0 saturated heterocycles. The van der Waals surface area contributed by atoms with Gasteiger partial charge in [-0.15, -0.1) is 0 Å². The lowest BCUT2D eigenvalue weighted by Crippen LogP contribution is -2.29. The molecule has 0 rings (SSSR count). The Balaban J connectivity index is 4.60. The summed E-state index contributed by atoms with van der Waals surface area (Å²) in [6.07, 6.45) is 41.6. The maximum absolute atomic E-state index is 12.6. The Morgan fingerprint density at radius 3 is 1.88 bits per heavy atom. The Kier molecular flexibility index (Phi) is 38.1. The largest absolute Gasteiger partial charge is 0.472 e. The fourth-order valence-electron chi connectivity index (χ4n) is 5.08. The molecular weight excluding hydrogens is 775 g/mol. The molecule has 5 atom stereocenters. The van der Waals surface area contributed by atoms with E-state index in [2.05, 4.69) is 35.8 Å². The van der Waals surface area contributed by atoms with Gasteiger partial charge in [-0.25, -0.2) is 4.57 Å². The summed E-state index contributed by atoms with van der Waals surface area (Å²) in [5, 5.41) is 38.3. The highest BCUT2D eigenvalue weighted by Gasteiger charge is 2.27. The molecule has 0 aliphatic heterocycles. The lowest BCUT2D eigenvalue weighted by atomic mass is 10.1. The number of aliphatic hydroxyl groups is 4. The minimum Gasteiger partial charge on any atom is -0.462 e. The SMILES string of the molecule is CC/C=C\C[C@@H](O)/C=C/C=C\C/C=C\C=C\[C@@H](O)/C=C\CCCC(=O)OC[C@H](COP(=O)(O)OC[C@@H](O)CO)OC(=O)CCCCCCC/C=C\C=C/CCCCCC. The zero-order chi connectivity index (χ0) is 43.7. The first kappa shape index (κ1) is 55.8. The van der Waals surface area contributed by atoms with Crippen molar-refractivity contribution in [2.45, 2.75) is 154 Å². The van der Waals surface area contributed by atoms with Crippen molar-refractivity contribution in [3.05, 3.63) is 97.2 Å². The summed E-state index contributed by atoms with van der Waals surface area (Å²) in [5.74, 6) is -1.14. The number of carbonyl (C=O) groups excluding carboxylic acids is 2. The van der Waals surface area contributed by atoms with Gasteiger partial charge in [-0.1, -0.05) is 150 Å². The van der Waals surface area contributed by atoms with Gasteiger partial charge in [-0.05, 0) is 64.2 Å². The molecule has 0 aliphatic carbocycles.